The molecule has 5 N–H and O–H groups in total. The predicted octanol–water partition coefficient (Wildman–Crippen LogP) is 7.11. The van der Waals surface area contributed by atoms with E-state index in [-0.39, 0.29) is 37.4 Å². The fraction of sp³-hybridized carbons (Fsp3) is 0.558. The summed E-state index contributed by atoms with van der Waals surface area (Å²) in [5.41, 5.74) is 17.4. The van der Waals surface area contributed by atoms with Gasteiger partial charge in [-0.3, -0.25) is 9.78 Å². The molecular formula is C52H69N5O7Zn. The van der Waals surface area contributed by atoms with Crippen LogP contribution >= 0.6 is 0 Å². The zero-order valence-corrected chi connectivity index (χ0v) is 42.9. The summed E-state index contributed by atoms with van der Waals surface area (Å²) in [6.45, 7) is 17.9. The van der Waals surface area contributed by atoms with Crippen LogP contribution < -0.4 is 15.3 Å². The average Bonchev–Trinajstić information content (AvgIpc) is 4.03. The van der Waals surface area contributed by atoms with Gasteiger partial charge in [-0.15, -0.1) is 22.1 Å². The number of nitrogens with one attached hydrogen (secondary N) is 1. The van der Waals surface area contributed by atoms with Gasteiger partial charge in [0.2, 0.25) is 5.91 Å². The molecule has 0 spiro atoms. The Hall–Kier alpha value is -3.81. The number of aromatic nitrogens is 4. The first-order valence-corrected chi connectivity index (χ1v) is 24.0. The fourth-order valence-corrected chi connectivity index (χ4v) is 10.8. The zero-order chi connectivity index (χ0) is 45.9. The van der Waals surface area contributed by atoms with Gasteiger partial charge in [0.25, 0.3) is 0 Å². The van der Waals surface area contributed by atoms with Crippen LogP contribution in [0.25, 0.3) is 44.1 Å². The Labute approximate surface area is 396 Å². The summed E-state index contributed by atoms with van der Waals surface area (Å²) in [6.07, 6.45) is 2.41. The van der Waals surface area contributed by atoms with E-state index in [0.717, 1.165) is 107 Å². The number of nitrogens with zero attached hydrogens (tertiary/aromatic N) is 4. The Kier molecular flexibility index (Phi) is 17.0. The van der Waals surface area contributed by atoms with Crippen molar-refractivity contribution in [2.45, 2.75) is 162 Å². The maximum absolute atomic E-state index is 12.9. The van der Waals surface area contributed by atoms with E-state index in [0.29, 0.717) is 32.4 Å². The summed E-state index contributed by atoms with van der Waals surface area (Å²) in [5, 5.41) is 44.0. The Morgan fingerprint density at radius 1 is 0.754 bits per heavy atom. The molecule has 6 heterocycles. The van der Waals surface area contributed by atoms with Crippen molar-refractivity contribution >= 4 is 50.0 Å². The molecule has 3 aliphatic rings. The molecule has 12 nitrogen and oxygen atoms in total. The van der Waals surface area contributed by atoms with Gasteiger partial charge in [0, 0.05) is 12.0 Å². The summed E-state index contributed by atoms with van der Waals surface area (Å²) in [6, 6.07) is 11.1. The molecule has 7 rings (SSSR count). The minimum atomic E-state index is -1.42. The van der Waals surface area contributed by atoms with Crippen molar-refractivity contribution in [3.8, 4) is 0 Å². The average molecular weight is 942 g/mol. The van der Waals surface area contributed by atoms with Crippen LogP contribution in [0.5, 0.6) is 0 Å². The van der Waals surface area contributed by atoms with E-state index in [4.69, 9.17) is 29.4 Å². The van der Waals surface area contributed by atoms with Crippen molar-refractivity contribution in [1.82, 2.24) is 25.3 Å². The standard InChI is InChI=1S/C52H70N5O7.Zn/c1-9-30-31(10-2)39-25-40-34(13-5)35(14-6)47(56-40)36-20-19-29(21-23-63-28-45(59)53-22-17-18-42-49(60)51(62)50(61)43(27-58)64-42)46-48(36)57-44(52(46,15-7)16-8)26-41-33(12-4)32(11-3)38(55-41)24-37(30)54-39;/h19-20,24-26,42-43,49-51,58,60-62H,9-18,21-23,27-28H2,1-8H3,(H2-,53,54,55,56,57,59);/q-1;+2/p-1/t42-,43-,49+,50+,51-;/m1./s1. The maximum Gasteiger partial charge on any atom is 2.00 e. The van der Waals surface area contributed by atoms with Crippen LogP contribution in [-0.4, -0.2) is 93.2 Å². The molecular weight excluding hydrogens is 872 g/mol. The molecule has 65 heavy (non-hydrogen) atoms. The number of amides is 1. The van der Waals surface area contributed by atoms with E-state index in [1.165, 1.54) is 39.0 Å². The number of ether oxygens (including phenoxy) is 2. The first-order chi connectivity index (χ1) is 31.0. The van der Waals surface area contributed by atoms with Gasteiger partial charge >= 0.3 is 19.5 Å². The van der Waals surface area contributed by atoms with Crippen molar-refractivity contribution in [2.75, 3.05) is 26.4 Å². The van der Waals surface area contributed by atoms with E-state index in [2.05, 4.69) is 91.0 Å². The van der Waals surface area contributed by atoms with Crippen molar-refractivity contribution in [1.29, 1.82) is 0 Å². The van der Waals surface area contributed by atoms with Crippen LogP contribution in [0.15, 0.2) is 30.3 Å². The van der Waals surface area contributed by atoms with Gasteiger partial charge < -0.3 is 45.2 Å². The summed E-state index contributed by atoms with van der Waals surface area (Å²) in [5.74, 6) is -0.259. The first kappa shape index (κ1) is 50.6. The molecule has 0 aliphatic carbocycles. The van der Waals surface area contributed by atoms with Crippen molar-refractivity contribution in [2.24, 2.45) is 0 Å². The van der Waals surface area contributed by atoms with Gasteiger partial charge in [-0.1, -0.05) is 108 Å². The summed E-state index contributed by atoms with van der Waals surface area (Å²) in [7, 11) is 0. The third-order valence-electron chi connectivity index (χ3n) is 14.2. The molecule has 3 aliphatic heterocycles. The van der Waals surface area contributed by atoms with Gasteiger partial charge in [0.05, 0.1) is 41.9 Å². The molecule has 4 aromatic rings. The third kappa shape index (κ3) is 9.41. The second kappa shape index (κ2) is 21.9. The molecule has 5 atom stereocenters. The molecule has 1 aromatic carbocycles. The zero-order valence-electron chi connectivity index (χ0n) is 39.9. The van der Waals surface area contributed by atoms with Crippen LogP contribution in [0, 0.1) is 0 Å². The third-order valence-corrected chi connectivity index (χ3v) is 14.2. The minimum Gasteiger partial charge on any atom is -0.657 e. The van der Waals surface area contributed by atoms with Gasteiger partial charge in [-0.2, -0.15) is 0 Å². The van der Waals surface area contributed by atoms with Gasteiger partial charge in [-0.05, 0) is 98.3 Å². The number of fused-ring (bicyclic) bond motifs is 8. The van der Waals surface area contributed by atoms with E-state index >= 15 is 0 Å². The number of carbonyl (C=O) groups excluding carboxylic acids is 1. The van der Waals surface area contributed by atoms with E-state index < -0.39 is 37.1 Å². The summed E-state index contributed by atoms with van der Waals surface area (Å²) < 4.78 is 11.6. The van der Waals surface area contributed by atoms with Crippen molar-refractivity contribution < 1.29 is 54.2 Å². The van der Waals surface area contributed by atoms with Gasteiger partial charge in [0.1, 0.15) is 31.0 Å². The van der Waals surface area contributed by atoms with Crippen LogP contribution in [0.3, 0.4) is 0 Å². The van der Waals surface area contributed by atoms with Crippen LogP contribution in [0.2, 0.25) is 0 Å². The number of hydrogen-bond acceptors (Lipinski definition) is 9. The van der Waals surface area contributed by atoms with Gasteiger partial charge in [0.15, 0.2) is 0 Å². The smallest absolute Gasteiger partial charge is 0.657 e. The number of aliphatic hydroxyl groups excluding tert-OH is 4. The number of hydrogen-bond donors (Lipinski definition) is 5. The van der Waals surface area contributed by atoms with Crippen molar-refractivity contribution in [3.63, 3.8) is 0 Å². The summed E-state index contributed by atoms with van der Waals surface area (Å²) >= 11 is 0. The monoisotopic (exact) mass is 939 g/mol. The van der Waals surface area contributed by atoms with E-state index in [9.17, 15) is 25.2 Å². The number of benzene rings is 1. The summed E-state index contributed by atoms with van der Waals surface area (Å²) in [4.78, 5) is 34.8. The molecule has 0 radical (unpaired) electrons. The molecule has 0 unspecified atom stereocenters. The normalized spacial score (nSPS) is 20.5. The van der Waals surface area contributed by atoms with E-state index in [1.807, 2.05) is 0 Å². The van der Waals surface area contributed by atoms with E-state index in [1.54, 1.807) is 0 Å². The SMILES string of the molecule is CCC1=C(CC)c2cc3[n-]c(c(CC)c3CC)c3ccc(CCOCC(=O)NCCC[C@H]4O[C@H](CO)[C@H](O)[C@H](O)[C@H]4O)c4c3nc(cc3[n-]c(cc1n2)c(CC)c3CC)C4(CC)CC.[Zn+2]. The number of aryl methyl sites for hydroxylation is 4. The van der Waals surface area contributed by atoms with Crippen LogP contribution in [0.1, 0.15) is 144 Å². The number of aliphatic hydroxyl groups is 4. The number of allylic oxidation sites excluding steroid dienone is 2. The molecule has 8 bridgehead atoms. The molecule has 1 saturated heterocycles. The Morgan fingerprint density at radius 2 is 1.34 bits per heavy atom. The topological polar surface area (TPSA) is 182 Å². The Bertz CT molecular complexity index is 2540. The number of carbonyl (C=O) groups is 1. The predicted molar refractivity (Wildman–Crippen MR) is 253 cm³/mol. The molecule has 346 valence electrons. The Balaban J connectivity index is 0.00000700. The molecule has 0 saturated carbocycles. The molecule has 3 aromatic heterocycles. The first-order valence-electron chi connectivity index (χ1n) is 24.0. The maximum atomic E-state index is 12.9. The quantitative estimate of drug-likeness (QED) is 0.0507. The largest absolute Gasteiger partial charge is 2.00 e. The van der Waals surface area contributed by atoms with Crippen LogP contribution in [0.4, 0.5) is 0 Å². The minimum absolute atomic E-state index is 0. The Morgan fingerprint density at radius 3 is 1.92 bits per heavy atom. The number of rotatable bonds is 18. The van der Waals surface area contributed by atoms with Crippen LogP contribution in [-0.2, 0) is 71.3 Å². The molecule has 13 heteroatoms. The molecule has 1 amide bonds. The molecule has 1 fully saturated rings. The van der Waals surface area contributed by atoms with Crippen molar-refractivity contribution in [3.05, 3.63) is 80.8 Å². The second-order valence-corrected chi connectivity index (χ2v) is 17.5. The fourth-order valence-electron chi connectivity index (χ4n) is 10.8. The van der Waals surface area contributed by atoms with Gasteiger partial charge in [-0.25, -0.2) is 4.98 Å². The second-order valence-electron chi connectivity index (χ2n) is 17.5.